The third-order valence-corrected chi connectivity index (χ3v) is 2.89. The molecule has 0 fully saturated rings. The van der Waals surface area contributed by atoms with Crippen LogP contribution in [0.2, 0.25) is 0 Å². The van der Waals surface area contributed by atoms with Crippen molar-refractivity contribution in [3.8, 4) is 0 Å². The van der Waals surface area contributed by atoms with Gasteiger partial charge < -0.3 is 11.1 Å². The summed E-state index contributed by atoms with van der Waals surface area (Å²) in [5, 5.41) is 10.3. The first-order valence-electron chi connectivity index (χ1n) is 5.42. The van der Waals surface area contributed by atoms with E-state index in [0.29, 0.717) is 11.5 Å². The van der Waals surface area contributed by atoms with Crippen molar-refractivity contribution >= 4 is 11.7 Å². The van der Waals surface area contributed by atoms with E-state index in [9.17, 15) is 4.79 Å². The summed E-state index contributed by atoms with van der Waals surface area (Å²) in [6, 6.07) is 3.14. The van der Waals surface area contributed by atoms with Crippen molar-refractivity contribution in [2.45, 2.75) is 39.2 Å². The van der Waals surface area contributed by atoms with Gasteiger partial charge in [-0.05, 0) is 31.9 Å². The maximum Gasteiger partial charge on any atom is 0.272 e. The Morgan fingerprint density at radius 2 is 2.00 bits per heavy atom. The molecule has 16 heavy (non-hydrogen) atoms. The number of carbonyl (C=O) groups is 1. The molecule has 0 aliphatic carbocycles. The molecular formula is C11H18N4O. The van der Waals surface area contributed by atoms with Crippen LogP contribution >= 0.6 is 0 Å². The average Bonchev–Trinajstić information content (AvgIpc) is 2.29. The lowest BCUT2D eigenvalue weighted by Gasteiger charge is -2.27. The largest absolute Gasteiger partial charge is 0.382 e. The van der Waals surface area contributed by atoms with Crippen LogP contribution in [0.4, 0.5) is 5.82 Å². The minimum absolute atomic E-state index is 0.194. The topological polar surface area (TPSA) is 80.9 Å². The highest BCUT2D eigenvalue weighted by atomic mass is 16.2. The molecule has 0 spiro atoms. The first kappa shape index (κ1) is 12.4. The van der Waals surface area contributed by atoms with E-state index in [2.05, 4.69) is 15.5 Å². The molecule has 88 valence electrons. The second kappa shape index (κ2) is 4.92. The highest BCUT2D eigenvalue weighted by molar-refractivity contribution is 5.92. The number of nitrogen functional groups attached to an aromatic ring is 1. The van der Waals surface area contributed by atoms with Gasteiger partial charge in [-0.15, -0.1) is 10.2 Å². The number of nitrogens with one attached hydrogen (secondary N) is 1. The SMILES string of the molecule is CCC(C)(CC)NC(=O)c1ccc(N)nn1. The molecule has 0 radical (unpaired) electrons. The Balaban J connectivity index is 2.76. The van der Waals surface area contributed by atoms with E-state index in [1.54, 1.807) is 12.1 Å². The normalized spacial score (nSPS) is 11.2. The molecule has 0 saturated carbocycles. The van der Waals surface area contributed by atoms with Crippen LogP contribution in [0.5, 0.6) is 0 Å². The lowest BCUT2D eigenvalue weighted by Crippen LogP contribution is -2.45. The molecular weight excluding hydrogens is 204 g/mol. The number of anilines is 1. The monoisotopic (exact) mass is 222 g/mol. The standard InChI is InChI=1S/C11H18N4O/c1-4-11(3,5-2)13-10(16)8-6-7-9(12)15-14-8/h6-7H,4-5H2,1-3H3,(H2,12,15)(H,13,16). The van der Waals surface area contributed by atoms with Gasteiger partial charge in [0.15, 0.2) is 5.69 Å². The van der Waals surface area contributed by atoms with Crippen molar-refractivity contribution in [1.82, 2.24) is 15.5 Å². The summed E-state index contributed by atoms with van der Waals surface area (Å²) in [5.41, 5.74) is 5.50. The Hall–Kier alpha value is -1.65. The number of nitrogens with two attached hydrogens (primary N) is 1. The number of nitrogens with zero attached hydrogens (tertiary/aromatic N) is 2. The zero-order valence-corrected chi connectivity index (χ0v) is 9.95. The molecule has 5 heteroatoms. The molecule has 0 aromatic carbocycles. The summed E-state index contributed by atoms with van der Waals surface area (Å²) in [4.78, 5) is 11.8. The van der Waals surface area contributed by atoms with Crippen LogP contribution in [0.15, 0.2) is 12.1 Å². The lowest BCUT2D eigenvalue weighted by molar-refractivity contribution is 0.0895. The van der Waals surface area contributed by atoms with Crippen LogP contribution in [0.3, 0.4) is 0 Å². The molecule has 1 aromatic rings. The summed E-state index contributed by atoms with van der Waals surface area (Å²) < 4.78 is 0. The van der Waals surface area contributed by atoms with Crippen LogP contribution in [0.25, 0.3) is 0 Å². The smallest absolute Gasteiger partial charge is 0.272 e. The molecule has 0 aliphatic rings. The molecule has 0 bridgehead atoms. The van der Waals surface area contributed by atoms with Gasteiger partial charge in [0.1, 0.15) is 5.82 Å². The van der Waals surface area contributed by atoms with Gasteiger partial charge in [0.05, 0.1) is 0 Å². The molecule has 1 amide bonds. The van der Waals surface area contributed by atoms with E-state index >= 15 is 0 Å². The Bertz CT molecular complexity index is 357. The zero-order chi connectivity index (χ0) is 12.2. The fourth-order valence-electron chi connectivity index (χ4n) is 1.23. The maximum atomic E-state index is 11.8. The Morgan fingerprint density at radius 3 is 2.44 bits per heavy atom. The molecule has 1 heterocycles. The number of hydrogen-bond acceptors (Lipinski definition) is 4. The molecule has 0 saturated heterocycles. The molecule has 0 aliphatic heterocycles. The Labute approximate surface area is 95.4 Å². The predicted molar refractivity (Wildman–Crippen MR) is 62.9 cm³/mol. The number of amides is 1. The van der Waals surface area contributed by atoms with E-state index in [-0.39, 0.29) is 11.4 Å². The number of rotatable bonds is 4. The van der Waals surface area contributed by atoms with Crippen LogP contribution in [0, 0.1) is 0 Å². The van der Waals surface area contributed by atoms with Gasteiger partial charge in [0.25, 0.3) is 5.91 Å². The third-order valence-electron chi connectivity index (χ3n) is 2.89. The van der Waals surface area contributed by atoms with Crippen LogP contribution in [-0.4, -0.2) is 21.6 Å². The van der Waals surface area contributed by atoms with Crippen molar-refractivity contribution in [2.75, 3.05) is 5.73 Å². The summed E-state index contributed by atoms with van der Waals surface area (Å²) in [6.07, 6.45) is 1.75. The zero-order valence-electron chi connectivity index (χ0n) is 9.95. The van der Waals surface area contributed by atoms with E-state index in [0.717, 1.165) is 12.8 Å². The van der Waals surface area contributed by atoms with Gasteiger partial charge in [0.2, 0.25) is 0 Å². The van der Waals surface area contributed by atoms with Crippen molar-refractivity contribution < 1.29 is 4.79 Å². The number of hydrogen-bond donors (Lipinski definition) is 2. The highest BCUT2D eigenvalue weighted by Gasteiger charge is 2.23. The predicted octanol–water partition coefficient (Wildman–Crippen LogP) is 1.37. The Morgan fingerprint density at radius 1 is 1.38 bits per heavy atom. The molecule has 1 rings (SSSR count). The number of carbonyl (C=O) groups excluding carboxylic acids is 1. The quantitative estimate of drug-likeness (QED) is 0.806. The first-order valence-corrected chi connectivity index (χ1v) is 5.42. The fraction of sp³-hybridized carbons (Fsp3) is 0.545. The van der Waals surface area contributed by atoms with Crippen LogP contribution in [0.1, 0.15) is 44.1 Å². The lowest BCUT2D eigenvalue weighted by atomic mass is 9.95. The second-order valence-corrected chi connectivity index (χ2v) is 4.07. The summed E-state index contributed by atoms with van der Waals surface area (Å²) in [6.45, 7) is 6.09. The minimum Gasteiger partial charge on any atom is -0.382 e. The van der Waals surface area contributed by atoms with Gasteiger partial charge in [-0.3, -0.25) is 4.79 Å². The van der Waals surface area contributed by atoms with E-state index in [4.69, 9.17) is 5.73 Å². The third kappa shape index (κ3) is 2.92. The van der Waals surface area contributed by atoms with Crippen molar-refractivity contribution in [2.24, 2.45) is 0 Å². The maximum absolute atomic E-state index is 11.8. The van der Waals surface area contributed by atoms with E-state index in [1.807, 2.05) is 20.8 Å². The van der Waals surface area contributed by atoms with Crippen LogP contribution in [-0.2, 0) is 0 Å². The van der Waals surface area contributed by atoms with Gasteiger partial charge in [-0.25, -0.2) is 0 Å². The summed E-state index contributed by atoms with van der Waals surface area (Å²) >= 11 is 0. The van der Waals surface area contributed by atoms with Gasteiger partial charge in [-0.2, -0.15) is 0 Å². The molecule has 0 atom stereocenters. The van der Waals surface area contributed by atoms with E-state index < -0.39 is 0 Å². The molecule has 5 nitrogen and oxygen atoms in total. The van der Waals surface area contributed by atoms with Crippen molar-refractivity contribution in [1.29, 1.82) is 0 Å². The Kier molecular flexibility index (Phi) is 3.82. The molecule has 3 N–H and O–H groups in total. The van der Waals surface area contributed by atoms with Crippen molar-refractivity contribution in [3.05, 3.63) is 17.8 Å². The van der Waals surface area contributed by atoms with Gasteiger partial charge >= 0.3 is 0 Å². The summed E-state index contributed by atoms with van der Waals surface area (Å²) in [7, 11) is 0. The van der Waals surface area contributed by atoms with Gasteiger partial charge in [0, 0.05) is 5.54 Å². The first-order chi connectivity index (χ1) is 7.50. The summed E-state index contributed by atoms with van der Waals surface area (Å²) in [5.74, 6) is 0.101. The van der Waals surface area contributed by atoms with Crippen LogP contribution < -0.4 is 11.1 Å². The molecule has 0 unspecified atom stereocenters. The van der Waals surface area contributed by atoms with E-state index in [1.165, 1.54) is 0 Å². The second-order valence-electron chi connectivity index (χ2n) is 4.07. The highest BCUT2D eigenvalue weighted by Crippen LogP contribution is 2.14. The molecule has 1 aromatic heterocycles. The number of aromatic nitrogens is 2. The minimum atomic E-state index is -0.210. The fourth-order valence-corrected chi connectivity index (χ4v) is 1.23. The van der Waals surface area contributed by atoms with Crippen molar-refractivity contribution in [3.63, 3.8) is 0 Å². The average molecular weight is 222 g/mol. The van der Waals surface area contributed by atoms with Gasteiger partial charge in [-0.1, -0.05) is 13.8 Å².